The van der Waals surface area contributed by atoms with Gasteiger partial charge in [-0.2, -0.15) is 13.2 Å². The van der Waals surface area contributed by atoms with E-state index in [4.69, 9.17) is 0 Å². The molecule has 4 aromatic rings. The largest absolute Gasteiger partial charge is 0.416 e. The second-order valence-corrected chi connectivity index (χ2v) is 6.36. The number of nitrogens with zero attached hydrogens (tertiary/aromatic N) is 3. The first-order chi connectivity index (χ1) is 14.0. The minimum atomic E-state index is -4.42. The average molecular weight is 395 g/mol. The molecule has 29 heavy (non-hydrogen) atoms. The van der Waals surface area contributed by atoms with E-state index in [2.05, 4.69) is 25.5 Å². The van der Waals surface area contributed by atoms with Gasteiger partial charge in [0.2, 0.25) is 0 Å². The van der Waals surface area contributed by atoms with Crippen LogP contribution in [0, 0.1) is 0 Å². The van der Waals surface area contributed by atoms with Crippen molar-refractivity contribution in [1.82, 2.24) is 20.2 Å². The Morgan fingerprint density at radius 2 is 1.72 bits per heavy atom. The Bertz CT molecular complexity index is 1110. The van der Waals surface area contributed by atoms with E-state index in [0.29, 0.717) is 17.9 Å². The van der Waals surface area contributed by atoms with E-state index >= 15 is 0 Å². The van der Waals surface area contributed by atoms with Gasteiger partial charge in [-0.05, 0) is 35.9 Å². The number of H-pyrrole nitrogens is 1. The average Bonchev–Trinajstić information content (AvgIpc) is 3.23. The molecule has 0 aliphatic carbocycles. The molecule has 0 saturated heterocycles. The van der Waals surface area contributed by atoms with Crippen molar-refractivity contribution in [3.63, 3.8) is 0 Å². The van der Waals surface area contributed by atoms with Crippen molar-refractivity contribution in [2.45, 2.75) is 12.7 Å². The molecule has 0 aliphatic rings. The zero-order valence-corrected chi connectivity index (χ0v) is 15.1. The fourth-order valence-corrected chi connectivity index (χ4v) is 2.90. The first-order valence-corrected chi connectivity index (χ1v) is 8.83. The standard InChI is InChI=1S/C21H16F3N5/c22-21(23,24)16-7-3-6-15(11-16)19-27-20(29-28-19)17-8-1-2-9-18(17)26-13-14-5-4-10-25-12-14/h1-12,26H,13H2,(H,27,28,29). The smallest absolute Gasteiger partial charge is 0.380 e. The Kier molecular flexibility index (Phi) is 4.99. The number of alkyl halides is 3. The molecule has 0 fully saturated rings. The summed E-state index contributed by atoms with van der Waals surface area (Å²) in [7, 11) is 0. The summed E-state index contributed by atoms with van der Waals surface area (Å²) in [5, 5.41) is 11.5. The van der Waals surface area contributed by atoms with E-state index in [-0.39, 0.29) is 5.82 Å². The molecule has 146 valence electrons. The van der Waals surface area contributed by atoms with Crippen molar-refractivity contribution in [3.8, 4) is 22.8 Å². The second-order valence-electron chi connectivity index (χ2n) is 6.36. The number of aromatic nitrogens is 4. The first kappa shape index (κ1) is 18.7. The fourth-order valence-electron chi connectivity index (χ4n) is 2.90. The number of rotatable bonds is 5. The first-order valence-electron chi connectivity index (χ1n) is 8.83. The van der Waals surface area contributed by atoms with Crippen LogP contribution in [-0.4, -0.2) is 20.2 Å². The van der Waals surface area contributed by atoms with Crippen LogP contribution >= 0.6 is 0 Å². The highest BCUT2D eigenvalue weighted by Gasteiger charge is 2.30. The van der Waals surface area contributed by atoms with Gasteiger partial charge in [-0.15, -0.1) is 10.2 Å². The molecule has 0 amide bonds. The number of anilines is 1. The second kappa shape index (κ2) is 7.75. The van der Waals surface area contributed by atoms with Crippen LogP contribution in [0.5, 0.6) is 0 Å². The van der Waals surface area contributed by atoms with E-state index in [9.17, 15) is 13.2 Å². The Balaban J connectivity index is 1.60. The zero-order chi connectivity index (χ0) is 20.3. The van der Waals surface area contributed by atoms with Crippen molar-refractivity contribution >= 4 is 5.69 Å². The number of halogens is 3. The molecule has 0 spiro atoms. The number of aromatic amines is 1. The molecule has 2 aromatic carbocycles. The van der Waals surface area contributed by atoms with E-state index in [1.807, 2.05) is 36.4 Å². The summed E-state index contributed by atoms with van der Waals surface area (Å²) in [5.74, 6) is 0.736. The van der Waals surface area contributed by atoms with Crippen LogP contribution in [0.3, 0.4) is 0 Å². The van der Waals surface area contributed by atoms with E-state index < -0.39 is 11.7 Å². The Morgan fingerprint density at radius 3 is 2.52 bits per heavy atom. The number of para-hydroxylation sites is 1. The summed E-state index contributed by atoms with van der Waals surface area (Å²) in [5.41, 5.74) is 2.20. The van der Waals surface area contributed by atoms with E-state index in [1.165, 1.54) is 6.07 Å². The summed E-state index contributed by atoms with van der Waals surface area (Å²) in [6.45, 7) is 0.569. The minimum absolute atomic E-state index is 0.271. The third-order valence-corrected chi connectivity index (χ3v) is 4.34. The molecular formula is C21H16F3N5. The molecule has 2 heterocycles. The highest BCUT2D eigenvalue weighted by Crippen LogP contribution is 2.32. The maximum Gasteiger partial charge on any atom is 0.416 e. The van der Waals surface area contributed by atoms with Crippen molar-refractivity contribution in [3.05, 3.63) is 84.2 Å². The van der Waals surface area contributed by atoms with Crippen molar-refractivity contribution < 1.29 is 13.2 Å². The molecule has 0 aliphatic heterocycles. The van der Waals surface area contributed by atoms with Crippen LogP contribution in [0.15, 0.2) is 73.1 Å². The predicted octanol–water partition coefficient (Wildman–Crippen LogP) is 5.16. The number of hydrogen-bond acceptors (Lipinski definition) is 4. The molecular weight excluding hydrogens is 379 g/mol. The van der Waals surface area contributed by atoms with Gasteiger partial charge in [0.05, 0.1) is 5.56 Å². The van der Waals surface area contributed by atoms with Gasteiger partial charge in [-0.3, -0.25) is 4.98 Å². The molecule has 4 rings (SSSR count). The lowest BCUT2D eigenvalue weighted by Gasteiger charge is -2.10. The van der Waals surface area contributed by atoms with Gasteiger partial charge >= 0.3 is 6.18 Å². The Hall–Kier alpha value is -3.68. The van der Waals surface area contributed by atoms with Crippen LogP contribution in [-0.2, 0) is 12.7 Å². The number of pyridine rings is 1. The van der Waals surface area contributed by atoms with Crippen molar-refractivity contribution in [2.24, 2.45) is 0 Å². The van der Waals surface area contributed by atoms with Gasteiger partial charge in [-0.25, -0.2) is 0 Å². The minimum Gasteiger partial charge on any atom is -0.380 e. The molecule has 0 atom stereocenters. The van der Waals surface area contributed by atoms with Gasteiger partial charge < -0.3 is 10.3 Å². The number of hydrogen-bond donors (Lipinski definition) is 2. The normalized spacial score (nSPS) is 11.4. The summed E-state index contributed by atoms with van der Waals surface area (Å²) >= 11 is 0. The number of nitrogens with one attached hydrogen (secondary N) is 2. The number of benzene rings is 2. The summed E-state index contributed by atoms with van der Waals surface area (Å²) in [6, 6.07) is 16.3. The van der Waals surface area contributed by atoms with Crippen LogP contribution in [0.1, 0.15) is 11.1 Å². The molecule has 0 bridgehead atoms. The Labute approximate surface area is 164 Å². The van der Waals surface area contributed by atoms with Crippen LogP contribution in [0.25, 0.3) is 22.8 Å². The predicted molar refractivity (Wildman–Crippen MR) is 104 cm³/mol. The molecule has 0 saturated carbocycles. The molecule has 0 unspecified atom stereocenters. The van der Waals surface area contributed by atoms with E-state index in [1.54, 1.807) is 18.5 Å². The third-order valence-electron chi connectivity index (χ3n) is 4.34. The monoisotopic (exact) mass is 395 g/mol. The molecule has 2 aromatic heterocycles. The van der Waals surface area contributed by atoms with Crippen LogP contribution in [0.2, 0.25) is 0 Å². The molecule has 0 radical (unpaired) electrons. The quantitative estimate of drug-likeness (QED) is 0.490. The fraction of sp³-hybridized carbons (Fsp3) is 0.0952. The molecule has 8 heteroatoms. The topological polar surface area (TPSA) is 66.5 Å². The summed E-state index contributed by atoms with van der Waals surface area (Å²) < 4.78 is 38.9. The molecule has 5 nitrogen and oxygen atoms in total. The van der Waals surface area contributed by atoms with Crippen molar-refractivity contribution in [1.29, 1.82) is 0 Å². The summed E-state index contributed by atoms with van der Waals surface area (Å²) in [6.07, 6.45) is -0.932. The lowest BCUT2D eigenvalue weighted by Crippen LogP contribution is -2.04. The maximum atomic E-state index is 13.0. The van der Waals surface area contributed by atoms with Gasteiger partial charge in [0, 0.05) is 35.8 Å². The van der Waals surface area contributed by atoms with Crippen molar-refractivity contribution in [2.75, 3.05) is 5.32 Å². The van der Waals surface area contributed by atoms with Crippen LogP contribution < -0.4 is 5.32 Å². The van der Waals surface area contributed by atoms with Gasteiger partial charge in [0.25, 0.3) is 0 Å². The zero-order valence-electron chi connectivity index (χ0n) is 15.1. The summed E-state index contributed by atoms with van der Waals surface area (Å²) in [4.78, 5) is 7.11. The van der Waals surface area contributed by atoms with Gasteiger partial charge in [0.1, 0.15) is 0 Å². The Morgan fingerprint density at radius 1 is 0.897 bits per heavy atom. The highest BCUT2D eigenvalue weighted by molar-refractivity contribution is 5.74. The van der Waals surface area contributed by atoms with Crippen LogP contribution in [0.4, 0.5) is 18.9 Å². The lowest BCUT2D eigenvalue weighted by molar-refractivity contribution is -0.137. The van der Waals surface area contributed by atoms with E-state index in [0.717, 1.165) is 28.9 Å². The lowest BCUT2D eigenvalue weighted by atomic mass is 10.1. The molecule has 2 N–H and O–H groups in total. The highest BCUT2D eigenvalue weighted by atomic mass is 19.4. The third kappa shape index (κ3) is 4.26. The van der Waals surface area contributed by atoms with Gasteiger partial charge in [-0.1, -0.05) is 30.3 Å². The SMILES string of the molecule is FC(F)(F)c1cccc(-c2nnc(-c3ccccc3NCc3cccnc3)[nH]2)c1. The maximum absolute atomic E-state index is 13.0. The van der Waals surface area contributed by atoms with Gasteiger partial charge in [0.15, 0.2) is 11.6 Å².